The number of piperazine rings is 1. The molecule has 13 heteroatoms. The molecule has 0 radical (unpaired) electrons. The van der Waals surface area contributed by atoms with E-state index in [-0.39, 0.29) is 12.6 Å². The van der Waals surface area contributed by atoms with E-state index in [1.165, 1.54) is 10.6 Å². The van der Waals surface area contributed by atoms with Crippen LogP contribution in [0.3, 0.4) is 0 Å². The lowest BCUT2D eigenvalue weighted by Crippen LogP contribution is -2.47. The standard InChI is InChI=1S/C29H33F2N7O3S/c30-27(31)17-36-11-13-37(14-12-36)21-4-1-19(2-5-21)25-16-23-28(33-18-34-29(23)35-25)20-3-6-26(24(32)15-20)41-22-7-9-38(10-8-22)42(39)40/h1-6,15-16,18,22,27,42H,7-14,17,32H2,(H,33,34,35). The SMILES string of the molecule is Nc1cc(-c2ncnc3[nH]c(-c4ccc(N5CCN(CC(F)F)CC5)cc4)cc23)ccc1OC1CCN([SH](=O)=O)CC1. The highest BCUT2D eigenvalue weighted by Gasteiger charge is 2.23. The number of ether oxygens (including phenoxy) is 1. The maximum atomic E-state index is 12.7. The lowest BCUT2D eigenvalue weighted by atomic mass is 10.1. The van der Waals surface area contributed by atoms with E-state index in [1.807, 2.05) is 36.4 Å². The first-order valence-electron chi connectivity index (χ1n) is 14.0. The molecule has 0 saturated carbocycles. The van der Waals surface area contributed by atoms with Crippen LogP contribution in [0.2, 0.25) is 0 Å². The van der Waals surface area contributed by atoms with Crippen LogP contribution in [-0.4, -0.2) is 90.9 Å². The van der Waals surface area contributed by atoms with Crippen molar-refractivity contribution in [3.05, 3.63) is 54.9 Å². The van der Waals surface area contributed by atoms with Gasteiger partial charge in [-0.2, -0.15) is 0 Å². The minimum atomic E-state index is -2.55. The number of rotatable bonds is 8. The highest BCUT2D eigenvalue weighted by Crippen LogP contribution is 2.34. The summed E-state index contributed by atoms with van der Waals surface area (Å²) < 4.78 is 55.3. The number of anilines is 2. The molecule has 0 spiro atoms. The predicted octanol–water partition coefficient (Wildman–Crippen LogP) is 3.63. The van der Waals surface area contributed by atoms with E-state index < -0.39 is 17.3 Å². The molecule has 3 N–H and O–H groups in total. The molecule has 4 heterocycles. The van der Waals surface area contributed by atoms with Gasteiger partial charge >= 0.3 is 0 Å². The topological polar surface area (TPSA) is 121 Å². The molecule has 0 aliphatic carbocycles. The second kappa shape index (κ2) is 12.2. The molecule has 2 aliphatic rings. The molecule has 2 aromatic heterocycles. The molecule has 4 aromatic rings. The highest BCUT2D eigenvalue weighted by molar-refractivity contribution is 7.69. The number of thiol groups is 1. The van der Waals surface area contributed by atoms with E-state index in [0.29, 0.717) is 69.2 Å². The minimum Gasteiger partial charge on any atom is -0.488 e. The zero-order valence-electron chi connectivity index (χ0n) is 23.0. The van der Waals surface area contributed by atoms with Crippen LogP contribution in [0.15, 0.2) is 54.9 Å². The van der Waals surface area contributed by atoms with Crippen molar-refractivity contribution >= 4 is 33.3 Å². The third-order valence-electron chi connectivity index (χ3n) is 7.96. The number of nitrogens with two attached hydrogens (primary N) is 1. The smallest absolute Gasteiger partial charge is 0.251 e. The summed E-state index contributed by atoms with van der Waals surface area (Å²) in [5.74, 6) is 0.569. The minimum absolute atomic E-state index is 0.0937. The van der Waals surface area contributed by atoms with Crippen molar-refractivity contribution in [1.82, 2.24) is 24.2 Å². The maximum absolute atomic E-state index is 12.7. The fraction of sp³-hybridized carbons (Fsp3) is 0.379. The fourth-order valence-electron chi connectivity index (χ4n) is 5.67. The molecule has 0 unspecified atom stereocenters. The van der Waals surface area contributed by atoms with Crippen molar-refractivity contribution < 1.29 is 21.9 Å². The summed E-state index contributed by atoms with van der Waals surface area (Å²) in [6.07, 6.45) is 0.349. The van der Waals surface area contributed by atoms with E-state index in [4.69, 9.17) is 10.5 Å². The molecule has 2 fully saturated rings. The number of nitrogen functional groups attached to an aromatic ring is 1. The monoisotopic (exact) mass is 597 g/mol. The molecule has 42 heavy (non-hydrogen) atoms. The van der Waals surface area contributed by atoms with Crippen LogP contribution in [0.5, 0.6) is 5.75 Å². The van der Waals surface area contributed by atoms with Gasteiger partial charge in [0.15, 0.2) is 0 Å². The van der Waals surface area contributed by atoms with Gasteiger partial charge in [-0.15, -0.1) is 0 Å². The molecular formula is C29H33F2N7O3S. The maximum Gasteiger partial charge on any atom is 0.251 e. The fourth-order valence-corrected chi connectivity index (χ4v) is 6.22. The normalized spacial score (nSPS) is 17.5. The summed E-state index contributed by atoms with van der Waals surface area (Å²) in [7, 11) is -2.55. The number of H-pyrrole nitrogens is 1. The third-order valence-corrected chi connectivity index (χ3v) is 8.83. The van der Waals surface area contributed by atoms with E-state index >= 15 is 0 Å². The predicted molar refractivity (Wildman–Crippen MR) is 159 cm³/mol. The summed E-state index contributed by atoms with van der Waals surface area (Å²) in [4.78, 5) is 16.4. The molecule has 0 atom stereocenters. The van der Waals surface area contributed by atoms with Gasteiger partial charge in [0.25, 0.3) is 6.43 Å². The summed E-state index contributed by atoms with van der Waals surface area (Å²) in [6.45, 7) is 3.40. The zero-order chi connectivity index (χ0) is 29.2. The Labute approximate surface area is 244 Å². The van der Waals surface area contributed by atoms with Gasteiger partial charge in [0, 0.05) is 61.6 Å². The van der Waals surface area contributed by atoms with Crippen molar-refractivity contribution in [2.45, 2.75) is 25.4 Å². The Hall–Kier alpha value is -3.81. The van der Waals surface area contributed by atoms with Crippen LogP contribution >= 0.6 is 0 Å². The van der Waals surface area contributed by atoms with E-state index in [9.17, 15) is 17.2 Å². The van der Waals surface area contributed by atoms with Crippen LogP contribution in [0, 0.1) is 0 Å². The third kappa shape index (κ3) is 6.18. The molecule has 2 aromatic carbocycles. The Balaban J connectivity index is 1.16. The quantitative estimate of drug-likeness (QED) is 0.208. The molecule has 6 rings (SSSR count). The first kappa shape index (κ1) is 28.3. The van der Waals surface area contributed by atoms with Gasteiger partial charge < -0.3 is 20.4 Å². The first-order chi connectivity index (χ1) is 20.3. The Kier molecular flexibility index (Phi) is 8.22. The van der Waals surface area contributed by atoms with Crippen molar-refractivity contribution in [3.63, 3.8) is 0 Å². The second-order valence-corrected chi connectivity index (χ2v) is 11.7. The van der Waals surface area contributed by atoms with Crippen LogP contribution < -0.4 is 15.4 Å². The van der Waals surface area contributed by atoms with Crippen LogP contribution in [0.4, 0.5) is 20.2 Å². The molecule has 222 valence electrons. The summed E-state index contributed by atoms with van der Waals surface area (Å²) in [5.41, 5.74) is 12.1. The number of aromatic nitrogens is 3. The van der Waals surface area contributed by atoms with Gasteiger partial charge in [0.2, 0.25) is 10.9 Å². The number of hydrogen-bond donors (Lipinski definition) is 3. The molecule has 0 bridgehead atoms. The number of nitrogens with zero attached hydrogens (tertiary/aromatic N) is 5. The number of halogens is 2. The number of fused-ring (bicyclic) bond motifs is 1. The summed E-state index contributed by atoms with van der Waals surface area (Å²) >= 11 is 0. The van der Waals surface area contributed by atoms with Crippen molar-refractivity contribution in [2.75, 3.05) is 56.4 Å². The Morgan fingerprint density at radius 1 is 0.952 bits per heavy atom. The largest absolute Gasteiger partial charge is 0.488 e. The Morgan fingerprint density at radius 2 is 1.67 bits per heavy atom. The number of nitrogens with one attached hydrogen (secondary N) is 1. The Morgan fingerprint density at radius 3 is 2.33 bits per heavy atom. The molecule has 10 nitrogen and oxygen atoms in total. The van der Waals surface area contributed by atoms with Gasteiger partial charge in [-0.05, 0) is 54.8 Å². The van der Waals surface area contributed by atoms with E-state index in [1.54, 1.807) is 4.90 Å². The Bertz CT molecular complexity index is 1610. The lowest BCUT2D eigenvalue weighted by Gasteiger charge is -2.35. The van der Waals surface area contributed by atoms with Gasteiger partial charge in [-0.25, -0.2) is 31.5 Å². The van der Waals surface area contributed by atoms with Crippen LogP contribution in [0.25, 0.3) is 33.5 Å². The lowest BCUT2D eigenvalue weighted by molar-refractivity contribution is 0.0854. The van der Waals surface area contributed by atoms with Crippen molar-refractivity contribution in [1.29, 1.82) is 0 Å². The van der Waals surface area contributed by atoms with Gasteiger partial charge in [0.1, 0.15) is 23.8 Å². The molecule has 2 aliphatic heterocycles. The second-order valence-electron chi connectivity index (χ2n) is 10.7. The van der Waals surface area contributed by atoms with Gasteiger partial charge in [-0.1, -0.05) is 12.1 Å². The van der Waals surface area contributed by atoms with Crippen molar-refractivity contribution in [2.24, 2.45) is 0 Å². The van der Waals surface area contributed by atoms with Gasteiger partial charge in [0.05, 0.1) is 17.9 Å². The number of aromatic amines is 1. The van der Waals surface area contributed by atoms with Crippen molar-refractivity contribution in [3.8, 4) is 28.3 Å². The van der Waals surface area contributed by atoms with Crippen LogP contribution in [-0.2, 0) is 10.9 Å². The summed E-state index contributed by atoms with van der Waals surface area (Å²) in [6, 6.07) is 15.8. The number of piperidine rings is 1. The molecular weight excluding hydrogens is 564 g/mol. The highest BCUT2D eigenvalue weighted by atomic mass is 32.2. The average molecular weight is 598 g/mol. The van der Waals surface area contributed by atoms with Crippen LogP contribution in [0.1, 0.15) is 12.8 Å². The zero-order valence-corrected chi connectivity index (χ0v) is 23.9. The number of alkyl halides is 2. The average Bonchev–Trinajstić information content (AvgIpc) is 3.43. The summed E-state index contributed by atoms with van der Waals surface area (Å²) in [5, 5.41) is 0.860. The number of hydrogen-bond acceptors (Lipinski definition) is 8. The molecule has 0 amide bonds. The first-order valence-corrected chi connectivity index (χ1v) is 15.1. The van der Waals surface area contributed by atoms with Gasteiger partial charge in [-0.3, -0.25) is 4.90 Å². The van der Waals surface area contributed by atoms with E-state index in [0.717, 1.165) is 33.6 Å². The van der Waals surface area contributed by atoms with E-state index in [2.05, 4.69) is 32.0 Å². The number of benzene rings is 2. The molecule has 2 saturated heterocycles.